The summed E-state index contributed by atoms with van der Waals surface area (Å²) in [6, 6.07) is 4.56. The molecule has 8 nitrogen and oxygen atoms in total. The molecule has 0 radical (unpaired) electrons. The van der Waals surface area contributed by atoms with Gasteiger partial charge in [0.25, 0.3) is 0 Å². The monoisotopic (exact) mass is 413 g/mol. The molecule has 1 aromatic rings. The Kier molecular flexibility index (Phi) is 8.09. The minimum Gasteiger partial charge on any atom is -0.493 e. The van der Waals surface area contributed by atoms with Gasteiger partial charge in [0.1, 0.15) is 0 Å². The molecule has 1 fully saturated rings. The average molecular weight is 414 g/mol. The highest BCUT2D eigenvalue weighted by Gasteiger charge is 2.30. The number of ether oxygens (including phenoxy) is 2. The number of rotatable bonds is 9. The Morgan fingerprint density at radius 2 is 1.75 bits per heavy atom. The van der Waals surface area contributed by atoms with Crippen LogP contribution in [0.25, 0.3) is 0 Å². The van der Waals surface area contributed by atoms with Gasteiger partial charge in [-0.1, -0.05) is 13.3 Å². The van der Waals surface area contributed by atoms with Gasteiger partial charge in [-0.2, -0.15) is 4.31 Å². The Morgan fingerprint density at radius 3 is 2.32 bits per heavy atom. The standard InChI is InChI=1S/C19H31N3O5S/c1-5-6-9-20(2)15-19(23)21-10-12-22(13-11-21)28(24,25)16-7-8-17(26-3)18(14-16)27-4/h7-8,14H,5-6,9-13,15H2,1-4H3. The Hall–Kier alpha value is -1.84. The number of hydrogen-bond acceptors (Lipinski definition) is 6. The number of carbonyl (C=O) groups excluding carboxylic acids is 1. The predicted molar refractivity (Wildman–Crippen MR) is 107 cm³/mol. The quantitative estimate of drug-likeness (QED) is 0.607. The number of methoxy groups -OCH3 is 2. The normalized spacial score (nSPS) is 15.7. The molecule has 0 atom stereocenters. The molecular weight excluding hydrogens is 382 g/mol. The summed E-state index contributed by atoms with van der Waals surface area (Å²) >= 11 is 0. The smallest absolute Gasteiger partial charge is 0.243 e. The van der Waals surface area contributed by atoms with Crippen molar-refractivity contribution in [3.8, 4) is 11.5 Å². The maximum atomic E-state index is 12.9. The summed E-state index contributed by atoms with van der Waals surface area (Å²) in [7, 11) is 1.25. The minimum atomic E-state index is -3.65. The van der Waals surface area contributed by atoms with E-state index in [0.717, 1.165) is 19.4 Å². The van der Waals surface area contributed by atoms with Crippen LogP contribution in [0.4, 0.5) is 0 Å². The molecule has 2 rings (SSSR count). The third kappa shape index (κ3) is 5.36. The SMILES string of the molecule is CCCCN(C)CC(=O)N1CCN(S(=O)(=O)c2ccc(OC)c(OC)c2)CC1. The fourth-order valence-electron chi connectivity index (χ4n) is 3.14. The highest BCUT2D eigenvalue weighted by molar-refractivity contribution is 7.89. The van der Waals surface area contributed by atoms with Gasteiger partial charge in [0, 0.05) is 32.2 Å². The molecule has 1 amide bonds. The van der Waals surface area contributed by atoms with Crippen LogP contribution in [0.1, 0.15) is 19.8 Å². The lowest BCUT2D eigenvalue weighted by atomic mass is 10.3. The second kappa shape index (κ2) is 10.1. The molecule has 0 aliphatic carbocycles. The molecule has 0 spiro atoms. The van der Waals surface area contributed by atoms with Crippen LogP contribution < -0.4 is 9.47 Å². The molecule has 0 bridgehead atoms. The van der Waals surface area contributed by atoms with Crippen molar-refractivity contribution in [2.24, 2.45) is 0 Å². The van der Waals surface area contributed by atoms with Gasteiger partial charge in [-0.15, -0.1) is 0 Å². The Balaban J connectivity index is 1.99. The number of sulfonamides is 1. The lowest BCUT2D eigenvalue weighted by Gasteiger charge is -2.34. The van der Waals surface area contributed by atoms with Crippen LogP contribution in [0.5, 0.6) is 11.5 Å². The molecule has 9 heteroatoms. The first-order valence-corrected chi connectivity index (χ1v) is 11.0. The van der Waals surface area contributed by atoms with Crippen molar-refractivity contribution in [1.29, 1.82) is 0 Å². The van der Waals surface area contributed by atoms with Gasteiger partial charge in [-0.25, -0.2) is 8.42 Å². The molecule has 1 heterocycles. The zero-order valence-electron chi connectivity index (χ0n) is 17.2. The molecule has 1 aliphatic rings. The van der Waals surface area contributed by atoms with Gasteiger partial charge in [-0.3, -0.25) is 9.69 Å². The fraction of sp³-hybridized carbons (Fsp3) is 0.632. The van der Waals surface area contributed by atoms with E-state index in [1.807, 2.05) is 11.9 Å². The van der Waals surface area contributed by atoms with Gasteiger partial charge in [-0.05, 0) is 32.1 Å². The summed E-state index contributed by atoms with van der Waals surface area (Å²) < 4.78 is 37.7. The van der Waals surface area contributed by atoms with Crippen LogP contribution in [0.15, 0.2) is 23.1 Å². The van der Waals surface area contributed by atoms with Gasteiger partial charge < -0.3 is 14.4 Å². The summed E-state index contributed by atoms with van der Waals surface area (Å²) in [5.74, 6) is 0.887. The predicted octanol–water partition coefficient (Wildman–Crippen LogP) is 1.27. The third-order valence-electron chi connectivity index (χ3n) is 4.88. The van der Waals surface area contributed by atoms with Crippen LogP contribution >= 0.6 is 0 Å². The third-order valence-corrected chi connectivity index (χ3v) is 6.78. The van der Waals surface area contributed by atoms with Crippen molar-refractivity contribution >= 4 is 15.9 Å². The number of carbonyl (C=O) groups is 1. The minimum absolute atomic E-state index is 0.0433. The first kappa shape index (κ1) is 22.4. The number of benzene rings is 1. The second-order valence-corrected chi connectivity index (χ2v) is 8.83. The van der Waals surface area contributed by atoms with Crippen molar-refractivity contribution in [2.75, 3.05) is 60.5 Å². The van der Waals surface area contributed by atoms with Gasteiger partial charge in [0.15, 0.2) is 11.5 Å². The summed E-state index contributed by atoms with van der Waals surface area (Å²) in [5.41, 5.74) is 0. The average Bonchev–Trinajstić information content (AvgIpc) is 2.71. The van der Waals surface area contributed by atoms with E-state index in [4.69, 9.17) is 9.47 Å². The van der Waals surface area contributed by atoms with Crippen molar-refractivity contribution < 1.29 is 22.7 Å². The fourth-order valence-corrected chi connectivity index (χ4v) is 4.58. The van der Waals surface area contributed by atoms with Crippen molar-refractivity contribution in [2.45, 2.75) is 24.7 Å². The van der Waals surface area contributed by atoms with E-state index in [9.17, 15) is 13.2 Å². The van der Waals surface area contributed by atoms with E-state index < -0.39 is 10.0 Å². The molecule has 0 N–H and O–H groups in total. The summed E-state index contributed by atoms with van der Waals surface area (Å²) in [5, 5.41) is 0. The molecule has 1 aliphatic heterocycles. The summed E-state index contributed by atoms with van der Waals surface area (Å²) in [6.45, 7) is 4.72. The van der Waals surface area contributed by atoms with Crippen LogP contribution in [0.3, 0.4) is 0 Å². The van der Waals surface area contributed by atoms with Crippen molar-refractivity contribution in [1.82, 2.24) is 14.1 Å². The maximum Gasteiger partial charge on any atom is 0.243 e. The van der Waals surface area contributed by atoms with Crippen molar-refractivity contribution in [3.05, 3.63) is 18.2 Å². The van der Waals surface area contributed by atoms with Crippen LogP contribution in [0, 0.1) is 0 Å². The Labute approximate surface area is 168 Å². The van der Waals surface area contributed by atoms with Crippen molar-refractivity contribution in [3.63, 3.8) is 0 Å². The number of piperazine rings is 1. The van der Waals surface area contributed by atoms with E-state index in [0.29, 0.717) is 31.1 Å². The molecule has 1 saturated heterocycles. The summed E-state index contributed by atoms with van der Waals surface area (Å²) in [4.78, 5) is 16.3. The van der Waals surface area contributed by atoms with Crippen LogP contribution in [0.2, 0.25) is 0 Å². The van der Waals surface area contributed by atoms with Gasteiger partial charge >= 0.3 is 0 Å². The van der Waals surface area contributed by atoms with E-state index in [2.05, 4.69) is 6.92 Å². The summed E-state index contributed by atoms with van der Waals surface area (Å²) in [6.07, 6.45) is 2.15. The zero-order valence-corrected chi connectivity index (χ0v) is 18.0. The molecule has 0 unspecified atom stereocenters. The molecule has 28 heavy (non-hydrogen) atoms. The topological polar surface area (TPSA) is 79.4 Å². The molecule has 1 aromatic carbocycles. The molecule has 0 aromatic heterocycles. The van der Waals surface area contributed by atoms with Crippen LogP contribution in [-0.2, 0) is 14.8 Å². The molecule has 158 valence electrons. The van der Waals surface area contributed by atoms with Gasteiger partial charge in [0.05, 0.1) is 25.7 Å². The van der Waals surface area contributed by atoms with E-state index >= 15 is 0 Å². The van der Waals surface area contributed by atoms with E-state index in [1.54, 1.807) is 11.0 Å². The number of nitrogens with zero attached hydrogens (tertiary/aromatic N) is 3. The lowest BCUT2D eigenvalue weighted by molar-refractivity contribution is -0.133. The van der Waals surface area contributed by atoms with E-state index in [1.165, 1.54) is 30.7 Å². The van der Waals surface area contributed by atoms with Crippen LogP contribution in [-0.4, -0.2) is 89.0 Å². The Bertz CT molecular complexity index is 761. The molecular formula is C19H31N3O5S. The number of hydrogen-bond donors (Lipinski definition) is 0. The zero-order chi connectivity index (χ0) is 20.7. The largest absolute Gasteiger partial charge is 0.493 e. The van der Waals surface area contributed by atoms with E-state index in [-0.39, 0.29) is 23.9 Å². The van der Waals surface area contributed by atoms with Gasteiger partial charge in [0.2, 0.25) is 15.9 Å². The second-order valence-electron chi connectivity index (χ2n) is 6.89. The lowest BCUT2D eigenvalue weighted by Crippen LogP contribution is -2.52. The highest BCUT2D eigenvalue weighted by atomic mass is 32.2. The number of amides is 1. The number of unbranched alkanes of at least 4 members (excludes halogenated alkanes) is 1. The first-order chi connectivity index (χ1) is 13.3. The number of likely N-dealkylation sites (N-methyl/N-ethyl adjacent to an activating group) is 1. The maximum absolute atomic E-state index is 12.9. The highest BCUT2D eigenvalue weighted by Crippen LogP contribution is 2.30. The molecule has 0 saturated carbocycles. The Morgan fingerprint density at radius 1 is 1.11 bits per heavy atom. The first-order valence-electron chi connectivity index (χ1n) is 9.52.